The van der Waals surface area contributed by atoms with Crippen molar-refractivity contribution in [1.82, 2.24) is 0 Å². The molecule has 0 saturated heterocycles. The number of hydrogen-bond donors (Lipinski definition) is 1. The highest BCUT2D eigenvalue weighted by Gasteiger charge is 2.18. The van der Waals surface area contributed by atoms with Gasteiger partial charge in [0, 0.05) is 10.0 Å². The second-order valence-corrected chi connectivity index (χ2v) is 7.36. The van der Waals surface area contributed by atoms with Gasteiger partial charge in [0.05, 0.1) is 10.6 Å². The lowest BCUT2D eigenvalue weighted by Crippen LogP contribution is -2.15. The molecule has 2 rings (SSSR count). The third-order valence-electron chi connectivity index (χ3n) is 3.04. The Kier molecular flexibility index (Phi) is 4.67. The Balaban J connectivity index is 2.45. The van der Waals surface area contributed by atoms with Crippen LogP contribution < -0.4 is 4.72 Å². The topological polar surface area (TPSA) is 63.2 Å². The molecule has 0 spiro atoms. The van der Waals surface area contributed by atoms with Crippen molar-refractivity contribution in [2.75, 3.05) is 4.72 Å². The summed E-state index contributed by atoms with van der Waals surface area (Å²) in [4.78, 5) is 11.6. The second-order valence-electron chi connectivity index (χ2n) is 4.76. The zero-order valence-electron chi connectivity index (χ0n) is 11.9. The highest BCUT2D eigenvalue weighted by molar-refractivity contribution is 9.10. The van der Waals surface area contributed by atoms with Gasteiger partial charge in [-0.1, -0.05) is 15.9 Å². The van der Waals surface area contributed by atoms with Crippen LogP contribution in [-0.4, -0.2) is 14.2 Å². The molecule has 22 heavy (non-hydrogen) atoms. The maximum atomic E-state index is 13.3. The van der Waals surface area contributed by atoms with Gasteiger partial charge in [0.25, 0.3) is 10.0 Å². The van der Waals surface area contributed by atoms with Crippen LogP contribution in [-0.2, 0) is 10.0 Å². The van der Waals surface area contributed by atoms with Crippen LogP contribution in [0.2, 0.25) is 0 Å². The molecular formula is C15H13BrFNO3S. The van der Waals surface area contributed by atoms with Crippen molar-refractivity contribution >= 4 is 37.4 Å². The Labute approximate surface area is 136 Å². The minimum absolute atomic E-state index is 0.0659. The molecule has 0 bridgehead atoms. The minimum Gasteiger partial charge on any atom is -0.294 e. The summed E-state index contributed by atoms with van der Waals surface area (Å²) in [5.41, 5.74) is 0.653. The van der Waals surface area contributed by atoms with E-state index in [1.165, 1.54) is 38.1 Å². The van der Waals surface area contributed by atoms with E-state index in [-0.39, 0.29) is 27.5 Å². The Bertz CT molecular complexity index is 850. The van der Waals surface area contributed by atoms with Crippen LogP contribution >= 0.6 is 15.9 Å². The van der Waals surface area contributed by atoms with Crippen LogP contribution in [0, 0.1) is 12.7 Å². The Morgan fingerprint density at radius 1 is 1.18 bits per heavy atom. The first-order chi connectivity index (χ1) is 10.2. The maximum Gasteiger partial charge on any atom is 0.261 e. The molecule has 0 saturated carbocycles. The first kappa shape index (κ1) is 16.6. The number of nitrogens with one attached hydrogen (secondary N) is 1. The number of aryl methyl sites for hydroxylation is 1. The summed E-state index contributed by atoms with van der Waals surface area (Å²) in [5, 5.41) is 0. The molecule has 116 valence electrons. The Hall–Kier alpha value is -1.73. The van der Waals surface area contributed by atoms with Gasteiger partial charge < -0.3 is 0 Å². The number of rotatable bonds is 4. The summed E-state index contributed by atoms with van der Waals surface area (Å²) in [6, 6.07) is 8.17. The smallest absolute Gasteiger partial charge is 0.261 e. The van der Waals surface area contributed by atoms with E-state index in [0.29, 0.717) is 4.47 Å². The number of benzene rings is 2. The van der Waals surface area contributed by atoms with E-state index in [0.717, 1.165) is 6.07 Å². The molecule has 2 aromatic carbocycles. The average molecular weight is 386 g/mol. The quantitative estimate of drug-likeness (QED) is 0.811. The van der Waals surface area contributed by atoms with Crippen molar-refractivity contribution in [3.63, 3.8) is 0 Å². The van der Waals surface area contributed by atoms with Gasteiger partial charge in [-0.3, -0.25) is 9.52 Å². The molecule has 0 radical (unpaired) electrons. The van der Waals surface area contributed by atoms with Crippen molar-refractivity contribution in [3.8, 4) is 0 Å². The number of ketones is 1. The predicted molar refractivity (Wildman–Crippen MR) is 86.1 cm³/mol. The van der Waals surface area contributed by atoms with E-state index < -0.39 is 15.8 Å². The van der Waals surface area contributed by atoms with Gasteiger partial charge in [0.15, 0.2) is 5.78 Å². The summed E-state index contributed by atoms with van der Waals surface area (Å²) in [6.07, 6.45) is 0. The zero-order valence-corrected chi connectivity index (χ0v) is 14.3. The summed E-state index contributed by atoms with van der Waals surface area (Å²) < 4.78 is 41.0. The third-order valence-corrected chi connectivity index (χ3v) is 4.90. The van der Waals surface area contributed by atoms with E-state index >= 15 is 0 Å². The number of Topliss-reactive ketones (excluding diaryl/α,β-unsaturated/α-hetero) is 1. The fourth-order valence-electron chi connectivity index (χ4n) is 1.88. The maximum absolute atomic E-state index is 13.3. The highest BCUT2D eigenvalue weighted by atomic mass is 79.9. The molecule has 0 fully saturated rings. The van der Waals surface area contributed by atoms with Gasteiger partial charge in [-0.2, -0.15) is 0 Å². The monoisotopic (exact) mass is 385 g/mol. The molecular weight excluding hydrogens is 373 g/mol. The van der Waals surface area contributed by atoms with Crippen molar-refractivity contribution < 1.29 is 17.6 Å². The van der Waals surface area contributed by atoms with Crippen LogP contribution in [0.25, 0.3) is 0 Å². The van der Waals surface area contributed by atoms with E-state index in [4.69, 9.17) is 0 Å². The molecule has 0 aliphatic carbocycles. The molecule has 0 aliphatic rings. The van der Waals surface area contributed by atoms with Gasteiger partial charge in [-0.25, -0.2) is 12.8 Å². The van der Waals surface area contributed by atoms with Gasteiger partial charge in [-0.05, 0) is 55.8 Å². The molecule has 0 amide bonds. The highest BCUT2D eigenvalue weighted by Crippen LogP contribution is 2.25. The van der Waals surface area contributed by atoms with E-state index in [2.05, 4.69) is 20.7 Å². The van der Waals surface area contributed by atoms with Gasteiger partial charge >= 0.3 is 0 Å². The zero-order chi connectivity index (χ0) is 16.5. The molecule has 0 heterocycles. The van der Waals surface area contributed by atoms with Gasteiger partial charge in [0.2, 0.25) is 0 Å². The molecule has 0 unspecified atom stereocenters. The molecule has 0 aromatic heterocycles. The average Bonchev–Trinajstić information content (AvgIpc) is 2.43. The van der Waals surface area contributed by atoms with Crippen LogP contribution in [0.3, 0.4) is 0 Å². The standard InChI is InChI=1S/C15H13BrFNO3S/c1-9-7-12(4-5-14(9)17)22(20,21)18-15-6-3-11(16)8-13(15)10(2)19/h3-8,18H,1-2H3. The summed E-state index contributed by atoms with van der Waals surface area (Å²) in [6.45, 7) is 2.83. The van der Waals surface area contributed by atoms with E-state index in [1.54, 1.807) is 6.07 Å². The number of hydrogen-bond acceptors (Lipinski definition) is 3. The molecule has 0 atom stereocenters. The Morgan fingerprint density at radius 3 is 2.45 bits per heavy atom. The van der Waals surface area contributed by atoms with Crippen LogP contribution in [0.1, 0.15) is 22.8 Å². The van der Waals surface area contributed by atoms with Crippen molar-refractivity contribution in [3.05, 3.63) is 57.8 Å². The third kappa shape index (κ3) is 3.53. The lowest BCUT2D eigenvalue weighted by atomic mass is 10.1. The first-order valence-electron chi connectivity index (χ1n) is 6.30. The molecule has 1 N–H and O–H groups in total. The fraction of sp³-hybridized carbons (Fsp3) is 0.133. The van der Waals surface area contributed by atoms with E-state index in [9.17, 15) is 17.6 Å². The van der Waals surface area contributed by atoms with Crippen molar-refractivity contribution in [2.24, 2.45) is 0 Å². The number of sulfonamides is 1. The van der Waals surface area contributed by atoms with Crippen molar-refractivity contribution in [2.45, 2.75) is 18.7 Å². The van der Waals surface area contributed by atoms with Gasteiger partial charge in [0.1, 0.15) is 5.82 Å². The summed E-state index contributed by atoms with van der Waals surface area (Å²) >= 11 is 3.24. The predicted octanol–water partition coefficient (Wildman–Crippen LogP) is 3.90. The van der Waals surface area contributed by atoms with E-state index in [1.807, 2.05) is 0 Å². The minimum atomic E-state index is -3.91. The SMILES string of the molecule is CC(=O)c1cc(Br)ccc1NS(=O)(=O)c1ccc(F)c(C)c1. The number of halogens is 2. The molecule has 4 nitrogen and oxygen atoms in total. The van der Waals surface area contributed by atoms with Crippen LogP contribution in [0.5, 0.6) is 0 Å². The van der Waals surface area contributed by atoms with Crippen molar-refractivity contribution in [1.29, 1.82) is 0 Å². The normalized spacial score (nSPS) is 11.3. The fourth-order valence-corrected chi connectivity index (χ4v) is 3.41. The number of carbonyl (C=O) groups is 1. The molecule has 7 heteroatoms. The number of carbonyl (C=O) groups excluding carboxylic acids is 1. The van der Waals surface area contributed by atoms with Gasteiger partial charge in [-0.15, -0.1) is 0 Å². The lowest BCUT2D eigenvalue weighted by Gasteiger charge is -2.12. The Morgan fingerprint density at radius 2 is 1.86 bits per heavy atom. The van der Waals surface area contributed by atoms with Crippen LogP contribution in [0.15, 0.2) is 45.8 Å². The first-order valence-corrected chi connectivity index (χ1v) is 8.58. The molecule has 0 aliphatic heterocycles. The largest absolute Gasteiger partial charge is 0.294 e. The summed E-state index contributed by atoms with van der Waals surface area (Å²) in [7, 11) is -3.91. The lowest BCUT2D eigenvalue weighted by molar-refractivity contribution is 0.101. The number of anilines is 1. The summed E-state index contributed by atoms with van der Waals surface area (Å²) in [5.74, 6) is -0.749. The van der Waals surface area contributed by atoms with Crippen LogP contribution in [0.4, 0.5) is 10.1 Å². The molecule has 2 aromatic rings. The second kappa shape index (κ2) is 6.18.